The van der Waals surface area contributed by atoms with Crippen molar-refractivity contribution in [2.75, 3.05) is 13.2 Å². The number of ketones is 1. The second kappa shape index (κ2) is 5.81. The minimum Gasteiger partial charge on any atom is -0.486 e. The number of Topliss-reactive ketones (excluding diaryl/α,β-unsaturated/α-hetero) is 1. The maximum absolute atomic E-state index is 12.8. The number of carboxylic acids is 1. The largest absolute Gasteiger partial charge is 0.486 e. The molecule has 1 aliphatic carbocycles. The summed E-state index contributed by atoms with van der Waals surface area (Å²) in [4.78, 5) is 24.0. The molecule has 0 atom stereocenters. The SMILES string of the molecule is Cc1c(C(=O)O)oc2c1C(=O)/C(=C/c1ccc3c(c1)OCCO3)CC2. The van der Waals surface area contributed by atoms with E-state index in [-0.39, 0.29) is 11.5 Å². The lowest BCUT2D eigenvalue weighted by Gasteiger charge is -2.19. The molecule has 0 saturated heterocycles. The Morgan fingerprint density at radius 1 is 1.16 bits per heavy atom. The van der Waals surface area contributed by atoms with E-state index in [4.69, 9.17) is 19.0 Å². The minimum absolute atomic E-state index is 0.154. The van der Waals surface area contributed by atoms with E-state index in [0.717, 1.165) is 5.56 Å². The normalized spacial score (nSPS) is 17.5. The van der Waals surface area contributed by atoms with E-state index in [1.165, 1.54) is 0 Å². The molecule has 0 radical (unpaired) electrons. The highest BCUT2D eigenvalue weighted by Gasteiger charge is 2.31. The molecular weight excluding hydrogens is 324 g/mol. The van der Waals surface area contributed by atoms with Gasteiger partial charge in [0.1, 0.15) is 19.0 Å². The summed E-state index contributed by atoms with van der Waals surface area (Å²) in [5.74, 6) is 0.333. The minimum atomic E-state index is -1.16. The van der Waals surface area contributed by atoms with E-state index in [1.54, 1.807) is 6.92 Å². The van der Waals surface area contributed by atoms with Crippen LogP contribution in [0.2, 0.25) is 0 Å². The van der Waals surface area contributed by atoms with Gasteiger partial charge in [0.05, 0.1) is 5.56 Å². The summed E-state index contributed by atoms with van der Waals surface area (Å²) >= 11 is 0. The number of allylic oxidation sites excluding steroid dienone is 1. The van der Waals surface area contributed by atoms with Gasteiger partial charge < -0.3 is 19.0 Å². The van der Waals surface area contributed by atoms with Crippen LogP contribution in [0, 0.1) is 6.92 Å². The fourth-order valence-corrected chi connectivity index (χ4v) is 3.26. The first-order valence-electron chi connectivity index (χ1n) is 8.05. The number of hydrogen-bond acceptors (Lipinski definition) is 5. The topological polar surface area (TPSA) is 86.0 Å². The molecule has 1 aromatic carbocycles. The molecule has 0 fully saturated rings. The fourth-order valence-electron chi connectivity index (χ4n) is 3.26. The molecule has 6 heteroatoms. The van der Waals surface area contributed by atoms with Crippen molar-refractivity contribution in [3.8, 4) is 11.5 Å². The van der Waals surface area contributed by atoms with Gasteiger partial charge in [0.2, 0.25) is 5.76 Å². The average molecular weight is 340 g/mol. The number of rotatable bonds is 2. The molecule has 1 N–H and O–H groups in total. The van der Waals surface area contributed by atoms with Gasteiger partial charge in [-0.2, -0.15) is 0 Å². The summed E-state index contributed by atoms with van der Waals surface area (Å²) in [5, 5.41) is 9.17. The molecule has 128 valence electrons. The summed E-state index contributed by atoms with van der Waals surface area (Å²) in [5.41, 5.74) is 2.24. The third kappa shape index (κ3) is 2.59. The third-order valence-electron chi connectivity index (χ3n) is 4.46. The van der Waals surface area contributed by atoms with E-state index >= 15 is 0 Å². The Balaban J connectivity index is 1.70. The highest BCUT2D eigenvalue weighted by molar-refractivity contribution is 6.14. The molecule has 0 unspecified atom stereocenters. The van der Waals surface area contributed by atoms with Crippen LogP contribution < -0.4 is 9.47 Å². The van der Waals surface area contributed by atoms with Crippen molar-refractivity contribution in [3.05, 3.63) is 52.0 Å². The number of benzene rings is 1. The standard InChI is InChI=1S/C19H16O6/c1-10-16-14(25-18(10)19(21)22)5-3-12(17(16)20)8-11-2-4-13-15(9-11)24-7-6-23-13/h2,4,8-9H,3,5-7H2,1H3,(H,21,22)/b12-8+. The maximum atomic E-state index is 12.8. The molecule has 4 rings (SSSR count). The van der Waals surface area contributed by atoms with Crippen LogP contribution >= 0.6 is 0 Å². The van der Waals surface area contributed by atoms with Gasteiger partial charge >= 0.3 is 5.97 Å². The zero-order valence-electron chi connectivity index (χ0n) is 13.6. The van der Waals surface area contributed by atoms with Crippen molar-refractivity contribution in [1.82, 2.24) is 0 Å². The molecule has 0 bridgehead atoms. The number of hydrogen-bond donors (Lipinski definition) is 1. The van der Waals surface area contributed by atoms with Crippen molar-refractivity contribution in [3.63, 3.8) is 0 Å². The lowest BCUT2D eigenvalue weighted by molar-refractivity contribution is 0.0659. The van der Waals surface area contributed by atoms with Gasteiger partial charge in [-0.3, -0.25) is 4.79 Å². The van der Waals surface area contributed by atoms with Crippen LogP contribution in [0.15, 0.2) is 28.2 Å². The summed E-state index contributed by atoms with van der Waals surface area (Å²) in [6.07, 6.45) is 2.83. The molecule has 0 amide bonds. The van der Waals surface area contributed by atoms with Crippen LogP contribution in [0.5, 0.6) is 11.5 Å². The fraction of sp³-hybridized carbons (Fsp3) is 0.263. The van der Waals surface area contributed by atoms with Crippen LogP contribution in [0.3, 0.4) is 0 Å². The first kappa shape index (κ1) is 15.5. The second-order valence-corrected chi connectivity index (χ2v) is 6.06. The van der Waals surface area contributed by atoms with Gasteiger partial charge in [0, 0.05) is 17.6 Å². The summed E-state index contributed by atoms with van der Waals surface area (Å²) in [6.45, 7) is 2.64. The molecule has 2 heterocycles. The molecule has 25 heavy (non-hydrogen) atoms. The number of ether oxygens (including phenoxy) is 2. The van der Waals surface area contributed by atoms with E-state index in [1.807, 2.05) is 24.3 Å². The quantitative estimate of drug-likeness (QED) is 0.845. The van der Waals surface area contributed by atoms with Gasteiger partial charge in [-0.1, -0.05) is 6.07 Å². The van der Waals surface area contributed by atoms with Crippen LogP contribution in [0.4, 0.5) is 0 Å². The van der Waals surface area contributed by atoms with Crippen molar-refractivity contribution in [2.45, 2.75) is 19.8 Å². The van der Waals surface area contributed by atoms with E-state index < -0.39 is 5.97 Å². The second-order valence-electron chi connectivity index (χ2n) is 6.06. The maximum Gasteiger partial charge on any atom is 0.372 e. The lowest BCUT2D eigenvalue weighted by Crippen LogP contribution is -2.15. The number of carbonyl (C=O) groups excluding carboxylic acids is 1. The Kier molecular flexibility index (Phi) is 3.60. The first-order chi connectivity index (χ1) is 12.0. The van der Waals surface area contributed by atoms with Crippen molar-refractivity contribution < 1.29 is 28.6 Å². The Bertz CT molecular complexity index is 918. The van der Waals surface area contributed by atoms with Crippen LogP contribution in [-0.2, 0) is 6.42 Å². The van der Waals surface area contributed by atoms with Crippen LogP contribution in [0.25, 0.3) is 6.08 Å². The number of fused-ring (bicyclic) bond motifs is 2. The van der Waals surface area contributed by atoms with Crippen molar-refractivity contribution in [1.29, 1.82) is 0 Å². The molecule has 0 saturated carbocycles. The van der Waals surface area contributed by atoms with E-state index in [0.29, 0.717) is 60.0 Å². The lowest BCUT2D eigenvalue weighted by atomic mass is 9.88. The Morgan fingerprint density at radius 2 is 1.92 bits per heavy atom. The molecular formula is C19H16O6. The number of aryl methyl sites for hydroxylation is 1. The number of carbonyl (C=O) groups is 2. The number of carboxylic acid groups (broad SMARTS) is 1. The highest BCUT2D eigenvalue weighted by Crippen LogP contribution is 2.35. The van der Waals surface area contributed by atoms with Crippen LogP contribution in [0.1, 0.15) is 44.2 Å². The predicted octanol–water partition coefficient (Wildman–Crippen LogP) is 3.27. The molecule has 0 spiro atoms. The summed E-state index contributed by atoms with van der Waals surface area (Å²) in [6, 6.07) is 5.54. The monoisotopic (exact) mass is 340 g/mol. The van der Waals surface area contributed by atoms with Gasteiger partial charge in [0.25, 0.3) is 0 Å². The van der Waals surface area contributed by atoms with Crippen molar-refractivity contribution >= 4 is 17.8 Å². The van der Waals surface area contributed by atoms with Gasteiger partial charge in [-0.15, -0.1) is 0 Å². The predicted molar refractivity (Wildman–Crippen MR) is 88.5 cm³/mol. The van der Waals surface area contributed by atoms with Gasteiger partial charge in [-0.05, 0) is 37.1 Å². The molecule has 2 aromatic rings. The van der Waals surface area contributed by atoms with Gasteiger partial charge in [-0.25, -0.2) is 4.79 Å². The molecule has 6 nitrogen and oxygen atoms in total. The van der Waals surface area contributed by atoms with E-state index in [2.05, 4.69) is 0 Å². The highest BCUT2D eigenvalue weighted by atomic mass is 16.6. The molecule has 1 aliphatic heterocycles. The Labute approximate surface area is 143 Å². The first-order valence-corrected chi connectivity index (χ1v) is 8.05. The van der Waals surface area contributed by atoms with Crippen LogP contribution in [-0.4, -0.2) is 30.1 Å². The third-order valence-corrected chi connectivity index (χ3v) is 4.46. The van der Waals surface area contributed by atoms with E-state index in [9.17, 15) is 9.59 Å². The zero-order chi connectivity index (χ0) is 17.6. The summed E-state index contributed by atoms with van der Waals surface area (Å²) < 4.78 is 16.4. The number of aromatic carboxylic acids is 1. The van der Waals surface area contributed by atoms with Crippen molar-refractivity contribution in [2.24, 2.45) is 0 Å². The number of furan rings is 1. The Morgan fingerprint density at radius 3 is 2.68 bits per heavy atom. The average Bonchev–Trinajstić information content (AvgIpc) is 2.95. The molecule has 1 aromatic heterocycles. The summed E-state index contributed by atoms with van der Waals surface area (Å²) in [7, 11) is 0. The molecule has 2 aliphatic rings. The smallest absolute Gasteiger partial charge is 0.372 e. The van der Waals surface area contributed by atoms with Gasteiger partial charge in [0.15, 0.2) is 17.3 Å². The Hall–Kier alpha value is -3.02. The zero-order valence-corrected chi connectivity index (χ0v) is 13.6.